The van der Waals surface area contributed by atoms with Gasteiger partial charge < -0.3 is 15.4 Å². The van der Waals surface area contributed by atoms with Crippen LogP contribution < -0.4 is 15.4 Å². The molecule has 0 radical (unpaired) electrons. The molecule has 0 aliphatic rings. The van der Waals surface area contributed by atoms with Gasteiger partial charge >= 0.3 is 0 Å². The van der Waals surface area contributed by atoms with E-state index in [1.54, 1.807) is 7.11 Å². The normalized spacial score (nSPS) is 10.6. The van der Waals surface area contributed by atoms with E-state index < -0.39 is 0 Å². The van der Waals surface area contributed by atoms with Crippen LogP contribution in [0.5, 0.6) is 5.75 Å². The summed E-state index contributed by atoms with van der Waals surface area (Å²) in [7, 11) is 1.68. The second-order valence-electron chi connectivity index (χ2n) is 4.82. The molecule has 0 unspecified atom stereocenters. The maximum atomic E-state index is 11.7. The van der Waals surface area contributed by atoms with Crippen LogP contribution in [0.15, 0.2) is 24.3 Å². The number of amides is 1. The molecule has 1 aromatic carbocycles. The van der Waals surface area contributed by atoms with E-state index >= 15 is 0 Å². The standard InChI is InChI=1S/C16H26N2O2/c1-4-14(5-2)18-16(19)12-17-11-10-13-8-6-7-9-15(13)20-3/h6-9,14,17H,4-5,10-12H2,1-3H3,(H,18,19). The van der Waals surface area contributed by atoms with Crippen LogP contribution in [0, 0.1) is 0 Å². The van der Waals surface area contributed by atoms with Crippen molar-refractivity contribution in [3.8, 4) is 5.75 Å². The average molecular weight is 278 g/mol. The SMILES string of the molecule is CCC(CC)NC(=O)CNCCc1ccccc1OC. The molecular weight excluding hydrogens is 252 g/mol. The monoisotopic (exact) mass is 278 g/mol. The van der Waals surface area contributed by atoms with Gasteiger partial charge in [-0.25, -0.2) is 0 Å². The Morgan fingerprint density at radius 3 is 2.60 bits per heavy atom. The first-order valence-electron chi connectivity index (χ1n) is 7.33. The summed E-state index contributed by atoms with van der Waals surface area (Å²) < 4.78 is 5.30. The molecule has 0 bridgehead atoms. The van der Waals surface area contributed by atoms with Crippen LogP contribution in [0.25, 0.3) is 0 Å². The summed E-state index contributed by atoms with van der Waals surface area (Å²) in [6, 6.07) is 8.25. The van der Waals surface area contributed by atoms with Crippen molar-refractivity contribution in [3.63, 3.8) is 0 Å². The summed E-state index contributed by atoms with van der Waals surface area (Å²) in [5, 5.41) is 6.18. The number of rotatable bonds is 9. The lowest BCUT2D eigenvalue weighted by Gasteiger charge is -2.15. The third-order valence-corrected chi connectivity index (χ3v) is 3.40. The summed E-state index contributed by atoms with van der Waals surface area (Å²) >= 11 is 0. The molecule has 1 amide bonds. The van der Waals surface area contributed by atoms with Gasteiger partial charge in [-0.2, -0.15) is 0 Å². The van der Waals surface area contributed by atoms with E-state index in [9.17, 15) is 4.79 Å². The zero-order valence-electron chi connectivity index (χ0n) is 12.7. The summed E-state index contributed by atoms with van der Waals surface area (Å²) in [6.45, 7) is 5.30. The van der Waals surface area contributed by atoms with Crippen LogP contribution in [-0.2, 0) is 11.2 Å². The van der Waals surface area contributed by atoms with Gasteiger partial charge in [0, 0.05) is 6.04 Å². The smallest absolute Gasteiger partial charge is 0.234 e. The Morgan fingerprint density at radius 2 is 1.95 bits per heavy atom. The van der Waals surface area contributed by atoms with E-state index in [-0.39, 0.29) is 5.91 Å². The Morgan fingerprint density at radius 1 is 1.25 bits per heavy atom. The minimum atomic E-state index is 0.0683. The molecule has 1 rings (SSSR count). The Balaban J connectivity index is 2.26. The molecule has 2 N–H and O–H groups in total. The van der Waals surface area contributed by atoms with Crippen LogP contribution in [0.4, 0.5) is 0 Å². The van der Waals surface area contributed by atoms with Crippen LogP contribution in [-0.4, -0.2) is 32.1 Å². The predicted octanol–water partition coefficient (Wildman–Crippen LogP) is 2.13. The van der Waals surface area contributed by atoms with Gasteiger partial charge in [-0.05, 0) is 37.4 Å². The highest BCUT2D eigenvalue weighted by Crippen LogP contribution is 2.17. The fourth-order valence-corrected chi connectivity index (χ4v) is 2.11. The number of methoxy groups -OCH3 is 1. The van der Waals surface area contributed by atoms with Crippen molar-refractivity contribution in [2.75, 3.05) is 20.2 Å². The molecule has 0 fully saturated rings. The number of hydrogen-bond acceptors (Lipinski definition) is 3. The lowest BCUT2D eigenvalue weighted by atomic mass is 10.1. The minimum absolute atomic E-state index is 0.0683. The number of ether oxygens (including phenoxy) is 1. The Labute approximate surface area is 121 Å². The molecule has 0 aliphatic carbocycles. The maximum absolute atomic E-state index is 11.7. The fraction of sp³-hybridized carbons (Fsp3) is 0.562. The highest BCUT2D eigenvalue weighted by molar-refractivity contribution is 5.78. The van der Waals surface area contributed by atoms with Crippen LogP contribution >= 0.6 is 0 Å². The number of nitrogens with one attached hydrogen (secondary N) is 2. The van der Waals surface area contributed by atoms with Gasteiger partial charge in [0.1, 0.15) is 5.75 Å². The highest BCUT2D eigenvalue weighted by atomic mass is 16.5. The molecule has 112 valence electrons. The first-order valence-corrected chi connectivity index (χ1v) is 7.33. The van der Waals surface area contributed by atoms with Gasteiger partial charge in [0.15, 0.2) is 0 Å². The summed E-state index contributed by atoms with van der Waals surface area (Å²) in [4.78, 5) is 11.7. The Hall–Kier alpha value is -1.55. The average Bonchev–Trinajstić information content (AvgIpc) is 2.49. The zero-order valence-corrected chi connectivity index (χ0v) is 12.7. The first kappa shape index (κ1) is 16.5. The predicted molar refractivity (Wildman–Crippen MR) is 82.1 cm³/mol. The second-order valence-corrected chi connectivity index (χ2v) is 4.82. The first-order chi connectivity index (χ1) is 9.71. The molecular formula is C16H26N2O2. The summed E-state index contributed by atoms with van der Waals surface area (Å²) in [5.74, 6) is 0.967. The number of carbonyl (C=O) groups is 1. The second kappa shape index (κ2) is 9.37. The molecule has 4 heteroatoms. The maximum Gasteiger partial charge on any atom is 0.234 e. The molecule has 0 aromatic heterocycles. The Kier molecular flexibility index (Phi) is 7.73. The van der Waals surface area contributed by atoms with Gasteiger partial charge in [-0.1, -0.05) is 32.0 Å². The third kappa shape index (κ3) is 5.61. The molecule has 0 saturated carbocycles. The van der Waals surface area contributed by atoms with Gasteiger partial charge in [-0.15, -0.1) is 0 Å². The lowest BCUT2D eigenvalue weighted by Crippen LogP contribution is -2.40. The quantitative estimate of drug-likeness (QED) is 0.680. The van der Waals surface area contributed by atoms with Crippen molar-refractivity contribution < 1.29 is 9.53 Å². The van der Waals surface area contributed by atoms with E-state index in [0.29, 0.717) is 12.6 Å². The van der Waals surface area contributed by atoms with Crippen molar-refractivity contribution in [1.82, 2.24) is 10.6 Å². The lowest BCUT2D eigenvalue weighted by molar-refractivity contribution is -0.121. The molecule has 1 aromatic rings. The third-order valence-electron chi connectivity index (χ3n) is 3.40. The number of benzene rings is 1. The van der Waals surface area contributed by atoms with E-state index in [2.05, 4.69) is 24.5 Å². The highest BCUT2D eigenvalue weighted by Gasteiger charge is 2.07. The van der Waals surface area contributed by atoms with Crippen molar-refractivity contribution in [2.24, 2.45) is 0 Å². The number of para-hydroxylation sites is 1. The zero-order chi connectivity index (χ0) is 14.8. The number of hydrogen-bond donors (Lipinski definition) is 2. The van der Waals surface area contributed by atoms with Gasteiger partial charge in [0.2, 0.25) is 5.91 Å². The molecule has 0 aliphatic heterocycles. The van der Waals surface area contributed by atoms with E-state index in [1.807, 2.05) is 24.3 Å². The van der Waals surface area contributed by atoms with Crippen LogP contribution in [0.1, 0.15) is 32.3 Å². The number of carbonyl (C=O) groups excluding carboxylic acids is 1. The molecule has 0 saturated heterocycles. The van der Waals surface area contributed by atoms with Crippen LogP contribution in [0.3, 0.4) is 0 Å². The molecule has 20 heavy (non-hydrogen) atoms. The summed E-state index contributed by atoms with van der Waals surface area (Å²) in [5.41, 5.74) is 1.16. The Bertz CT molecular complexity index is 403. The van der Waals surface area contributed by atoms with Gasteiger partial charge in [0.05, 0.1) is 13.7 Å². The van der Waals surface area contributed by atoms with E-state index in [4.69, 9.17) is 4.74 Å². The largest absolute Gasteiger partial charge is 0.496 e. The van der Waals surface area contributed by atoms with Gasteiger partial charge in [0.25, 0.3) is 0 Å². The van der Waals surface area contributed by atoms with Gasteiger partial charge in [-0.3, -0.25) is 4.79 Å². The van der Waals surface area contributed by atoms with Crippen LogP contribution in [0.2, 0.25) is 0 Å². The molecule has 4 nitrogen and oxygen atoms in total. The minimum Gasteiger partial charge on any atom is -0.496 e. The fourth-order valence-electron chi connectivity index (χ4n) is 2.11. The molecule has 0 heterocycles. The van der Waals surface area contributed by atoms with Crippen molar-refractivity contribution >= 4 is 5.91 Å². The van der Waals surface area contributed by atoms with E-state index in [0.717, 1.165) is 37.1 Å². The van der Waals surface area contributed by atoms with Crippen molar-refractivity contribution in [2.45, 2.75) is 39.2 Å². The van der Waals surface area contributed by atoms with Crippen molar-refractivity contribution in [1.29, 1.82) is 0 Å². The molecule has 0 spiro atoms. The van der Waals surface area contributed by atoms with Crippen molar-refractivity contribution in [3.05, 3.63) is 29.8 Å². The van der Waals surface area contributed by atoms with E-state index in [1.165, 1.54) is 0 Å². The topological polar surface area (TPSA) is 50.4 Å². The summed E-state index contributed by atoms with van der Waals surface area (Å²) in [6.07, 6.45) is 2.80. The molecule has 0 atom stereocenters.